The van der Waals surface area contributed by atoms with Gasteiger partial charge in [0.2, 0.25) is 5.91 Å². The molecule has 0 aliphatic heterocycles. The number of rotatable bonds is 7. The van der Waals surface area contributed by atoms with Crippen LogP contribution in [0.4, 0.5) is 4.39 Å². The van der Waals surface area contributed by atoms with Crippen LogP contribution in [0.25, 0.3) is 0 Å². The molecular formula is C15H21FN2O2. The monoisotopic (exact) mass is 280 g/mol. The van der Waals surface area contributed by atoms with Crippen molar-refractivity contribution < 1.29 is 13.9 Å². The van der Waals surface area contributed by atoms with E-state index < -0.39 is 5.54 Å². The van der Waals surface area contributed by atoms with Gasteiger partial charge < -0.3 is 15.8 Å². The van der Waals surface area contributed by atoms with E-state index >= 15 is 0 Å². The molecule has 1 saturated carbocycles. The quantitative estimate of drug-likeness (QED) is 0.801. The zero-order valence-electron chi connectivity index (χ0n) is 11.9. The molecule has 1 unspecified atom stereocenters. The maximum atomic E-state index is 13.1. The Balaban J connectivity index is 1.89. The molecule has 0 aromatic heterocycles. The van der Waals surface area contributed by atoms with E-state index in [-0.39, 0.29) is 11.7 Å². The zero-order chi connectivity index (χ0) is 14.8. The summed E-state index contributed by atoms with van der Waals surface area (Å²) in [7, 11) is 0. The number of carbonyl (C=O) groups excluding carboxylic acids is 1. The summed E-state index contributed by atoms with van der Waals surface area (Å²) in [5.41, 5.74) is 5.25. The number of nitrogens with two attached hydrogens (primary N) is 1. The number of nitrogens with one attached hydrogen (secondary N) is 1. The normalized spacial score (nSPS) is 17.6. The summed E-state index contributed by atoms with van der Waals surface area (Å²) in [4.78, 5) is 11.6. The molecule has 3 N–H and O–H groups in total. The third-order valence-electron chi connectivity index (χ3n) is 3.64. The fourth-order valence-electron chi connectivity index (χ4n) is 2.02. The number of hydrogen-bond donors (Lipinski definition) is 2. The number of amides is 1. The van der Waals surface area contributed by atoms with Gasteiger partial charge in [-0.05, 0) is 50.5 Å². The lowest BCUT2D eigenvalue weighted by Gasteiger charge is -2.27. The van der Waals surface area contributed by atoms with E-state index in [1.165, 1.54) is 6.07 Å². The predicted molar refractivity (Wildman–Crippen MR) is 75.0 cm³/mol. The van der Waals surface area contributed by atoms with Crippen molar-refractivity contribution in [2.45, 2.75) is 44.7 Å². The Morgan fingerprint density at radius 1 is 1.55 bits per heavy atom. The smallest absolute Gasteiger partial charge is 0.237 e. The molecule has 0 radical (unpaired) electrons. The molecule has 1 aromatic rings. The maximum absolute atomic E-state index is 13.1. The highest BCUT2D eigenvalue weighted by Gasteiger charge is 2.36. The zero-order valence-corrected chi connectivity index (χ0v) is 11.9. The molecule has 4 nitrogen and oxygen atoms in total. The number of aryl methyl sites for hydroxylation is 1. The molecule has 1 aliphatic rings. The molecule has 0 saturated heterocycles. The summed E-state index contributed by atoms with van der Waals surface area (Å²) >= 11 is 0. The van der Waals surface area contributed by atoms with Gasteiger partial charge in [0, 0.05) is 12.5 Å². The number of primary amides is 1. The van der Waals surface area contributed by atoms with E-state index in [9.17, 15) is 9.18 Å². The van der Waals surface area contributed by atoms with Crippen LogP contribution in [0.3, 0.4) is 0 Å². The number of hydrogen-bond acceptors (Lipinski definition) is 3. The third kappa shape index (κ3) is 3.70. The minimum Gasteiger partial charge on any atom is -0.493 e. The topological polar surface area (TPSA) is 64.3 Å². The van der Waals surface area contributed by atoms with Gasteiger partial charge in [-0.15, -0.1) is 0 Å². The molecule has 110 valence electrons. The lowest BCUT2D eigenvalue weighted by Crippen LogP contribution is -2.54. The first-order valence-corrected chi connectivity index (χ1v) is 6.87. The Kier molecular flexibility index (Phi) is 4.28. The highest BCUT2D eigenvalue weighted by Crippen LogP contribution is 2.24. The Bertz CT molecular complexity index is 503. The van der Waals surface area contributed by atoms with E-state index in [0.29, 0.717) is 30.4 Å². The van der Waals surface area contributed by atoms with Crippen molar-refractivity contribution >= 4 is 5.91 Å². The molecule has 1 fully saturated rings. The Labute approximate surface area is 118 Å². The molecule has 1 amide bonds. The molecule has 2 rings (SSSR count). The van der Waals surface area contributed by atoms with Crippen LogP contribution in [0.2, 0.25) is 0 Å². The minimum absolute atomic E-state index is 0.255. The second-order valence-corrected chi connectivity index (χ2v) is 5.62. The number of halogens is 1. The van der Waals surface area contributed by atoms with Crippen LogP contribution in [-0.2, 0) is 4.79 Å². The fourth-order valence-corrected chi connectivity index (χ4v) is 2.02. The molecule has 0 heterocycles. The number of ether oxygens (including phenoxy) is 1. The van der Waals surface area contributed by atoms with Gasteiger partial charge in [0.25, 0.3) is 0 Å². The Morgan fingerprint density at radius 3 is 2.80 bits per heavy atom. The molecule has 1 atom stereocenters. The SMILES string of the molecule is Cc1cc(OCCC(C)(NC2CC2)C(N)=O)ccc1F. The van der Waals surface area contributed by atoms with Crippen molar-refractivity contribution in [1.29, 1.82) is 0 Å². The number of benzene rings is 1. The first-order chi connectivity index (χ1) is 9.40. The van der Waals surface area contributed by atoms with E-state index in [1.807, 2.05) is 0 Å². The first kappa shape index (κ1) is 14.8. The highest BCUT2D eigenvalue weighted by molar-refractivity contribution is 5.84. The summed E-state index contributed by atoms with van der Waals surface area (Å²) in [5, 5.41) is 3.26. The molecule has 20 heavy (non-hydrogen) atoms. The summed E-state index contributed by atoms with van der Waals surface area (Å²) < 4.78 is 18.7. The van der Waals surface area contributed by atoms with E-state index in [1.54, 1.807) is 26.0 Å². The van der Waals surface area contributed by atoms with Gasteiger partial charge in [-0.1, -0.05) is 0 Å². The highest BCUT2D eigenvalue weighted by atomic mass is 19.1. The van der Waals surface area contributed by atoms with Gasteiger partial charge in [0.05, 0.1) is 12.1 Å². The fraction of sp³-hybridized carbons (Fsp3) is 0.533. The van der Waals surface area contributed by atoms with E-state index in [4.69, 9.17) is 10.5 Å². The van der Waals surface area contributed by atoms with E-state index in [0.717, 1.165) is 12.8 Å². The third-order valence-corrected chi connectivity index (χ3v) is 3.64. The van der Waals surface area contributed by atoms with Crippen LogP contribution in [0.15, 0.2) is 18.2 Å². The standard InChI is InChI=1S/C15H21FN2O2/c1-10-9-12(5-6-13(10)16)20-8-7-15(2,14(17)19)18-11-3-4-11/h5-6,9,11,18H,3-4,7-8H2,1-2H3,(H2,17,19). The molecular weight excluding hydrogens is 259 g/mol. The van der Waals surface area contributed by atoms with Crippen molar-refractivity contribution in [3.63, 3.8) is 0 Å². The average molecular weight is 280 g/mol. The summed E-state index contributed by atoms with van der Waals surface area (Å²) in [6.07, 6.45) is 2.65. The van der Waals surface area contributed by atoms with Crippen molar-refractivity contribution in [2.75, 3.05) is 6.61 Å². The van der Waals surface area contributed by atoms with Crippen LogP contribution in [0, 0.1) is 12.7 Å². The summed E-state index contributed by atoms with van der Waals surface area (Å²) in [5.74, 6) is -0.0276. The van der Waals surface area contributed by atoms with Crippen molar-refractivity contribution in [3.8, 4) is 5.75 Å². The summed E-state index contributed by atoms with van der Waals surface area (Å²) in [6.45, 7) is 3.83. The molecule has 1 aromatic carbocycles. The van der Waals surface area contributed by atoms with Crippen molar-refractivity contribution in [3.05, 3.63) is 29.6 Å². The van der Waals surface area contributed by atoms with E-state index in [2.05, 4.69) is 5.32 Å². The molecule has 5 heteroatoms. The average Bonchev–Trinajstić information content (AvgIpc) is 3.17. The second kappa shape index (κ2) is 5.79. The molecule has 0 spiro atoms. The van der Waals surface area contributed by atoms with Gasteiger partial charge in [-0.25, -0.2) is 4.39 Å². The molecule has 0 bridgehead atoms. The minimum atomic E-state index is -0.754. The molecule has 1 aliphatic carbocycles. The lowest BCUT2D eigenvalue weighted by molar-refractivity contribution is -0.124. The van der Waals surface area contributed by atoms with Gasteiger partial charge in [0.15, 0.2) is 0 Å². The lowest BCUT2D eigenvalue weighted by atomic mass is 9.97. The van der Waals surface area contributed by atoms with Crippen LogP contribution in [0.5, 0.6) is 5.75 Å². The Morgan fingerprint density at radius 2 is 2.25 bits per heavy atom. The van der Waals surface area contributed by atoms with Gasteiger partial charge in [-0.3, -0.25) is 4.79 Å². The van der Waals surface area contributed by atoms with Gasteiger partial charge in [-0.2, -0.15) is 0 Å². The second-order valence-electron chi connectivity index (χ2n) is 5.62. The van der Waals surface area contributed by atoms with Gasteiger partial charge >= 0.3 is 0 Å². The summed E-state index contributed by atoms with van der Waals surface area (Å²) in [6, 6.07) is 4.99. The van der Waals surface area contributed by atoms with Crippen molar-refractivity contribution in [1.82, 2.24) is 5.32 Å². The van der Waals surface area contributed by atoms with Crippen LogP contribution < -0.4 is 15.8 Å². The van der Waals surface area contributed by atoms with Crippen LogP contribution in [0.1, 0.15) is 31.7 Å². The Hall–Kier alpha value is -1.62. The van der Waals surface area contributed by atoms with Crippen molar-refractivity contribution in [2.24, 2.45) is 5.73 Å². The largest absolute Gasteiger partial charge is 0.493 e. The van der Waals surface area contributed by atoms with Crippen LogP contribution >= 0.6 is 0 Å². The number of carbonyl (C=O) groups is 1. The predicted octanol–water partition coefficient (Wildman–Crippen LogP) is 1.90. The van der Waals surface area contributed by atoms with Crippen LogP contribution in [-0.4, -0.2) is 24.1 Å². The maximum Gasteiger partial charge on any atom is 0.237 e. The first-order valence-electron chi connectivity index (χ1n) is 6.87. The van der Waals surface area contributed by atoms with Gasteiger partial charge in [0.1, 0.15) is 11.6 Å².